The zero-order valence-electron chi connectivity index (χ0n) is 4.05. The monoisotopic (exact) mass is 108 g/mol. The Morgan fingerprint density at radius 1 is 1.75 bits per heavy atom. The molecule has 1 aliphatic heterocycles. The Labute approximate surface area is 46.5 Å². The summed E-state index contributed by atoms with van der Waals surface area (Å²) in [6.07, 6.45) is 2.90. The van der Waals surface area contributed by atoms with Gasteiger partial charge in [0, 0.05) is 0 Å². The maximum absolute atomic E-state index is 8.20. The van der Waals surface area contributed by atoms with Gasteiger partial charge in [-0.15, -0.1) is 0 Å². The maximum Gasteiger partial charge on any atom is 0.150 e. The second kappa shape index (κ2) is 1.98. The van der Waals surface area contributed by atoms with Crippen molar-refractivity contribution in [1.82, 2.24) is 10.9 Å². The first kappa shape index (κ1) is 4.65. The molecule has 0 spiro atoms. The van der Waals surface area contributed by atoms with Gasteiger partial charge in [-0.1, -0.05) is 0 Å². The molecule has 8 heavy (non-hydrogen) atoms. The largest absolute Gasteiger partial charge is 0.290 e. The van der Waals surface area contributed by atoms with Gasteiger partial charge in [-0.3, -0.25) is 10.9 Å². The Hall–Kier alpha value is -1.50. The fourth-order valence-corrected chi connectivity index (χ4v) is 0.348. The van der Waals surface area contributed by atoms with Crippen molar-refractivity contribution in [3.05, 3.63) is 11.9 Å². The third kappa shape index (κ3) is 0.763. The first-order valence-corrected chi connectivity index (χ1v) is 2.07. The molecule has 40 valence electrons. The molecule has 0 aromatic carbocycles. The van der Waals surface area contributed by atoms with E-state index in [0.717, 1.165) is 0 Å². The van der Waals surface area contributed by atoms with Crippen LogP contribution in [0.3, 0.4) is 0 Å². The molecule has 0 amide bonds. The minimum absolute atomic E-state index is 0.424. The second-order valence-corrected chi connectivity index (χ2v) is 1.20. The topological polar surface area (TPSA) is 60.2 Å². The van der Waals surface area contributed by atoms with Crippen molar-refractivity contribution in [3.63, 3.8) is 0 Å². The summed E-state index contributed by atoms with van der Waals surface area (Å²) in [6, 6.07) is 1.88. The first-order chi connectivity index (χ1) is 3.93. The highest BCUT2D eigenvalue weighted by atomic mass is 15.4. The zero-order valence-corrected chi connectivity index (χ0v) is 4.05. The molecule has 4 heteroatoms. The van der Waals surface area contributed by atoms with Crippen molar-refractivity contribution in [3.8, 4) is 6.07 Å². The Morgan fingerprint density at radius 2 is 2.62 bits per heavy atom. The number of nitrogens with zero attached hydrogens (tertiary/aromatic N) is 2. The molecule has 0 aromatic rings. The fraction of sp³-hybridized carbons (Fsp3) is 0. The van der Waals surface area contributed by atoms with Crippen LogP contribution in [-0.4, -0.2) is 6.34 Å². The summed E-state index contributed by atoms with van der Waals surface area (Å²) in [4.78, 5) is 3.65. The standard InChI is InChI=1S/C4H4N4/c5-1-4-2-6-3-7-8-4/h2-3,8H,(H,6,7). The van der Waals surface area contributed by atoms with E-state index < -0.39 is 0 Å². The summed E-state index contributed by atoms with van der Waals surface area (Å²) in [5.41, 5.74) is 5.55. The van der Waals surface area contributed by atoms with E-state index in [1.807, 2.05) is 6.07 Å². The van der Waals surface area contributed by atoms with E-state index in [-0.39, 0.29) is 0 Å². The fourth-order valence-electron chi connectivity index (χ4n) is 0.348. The molecule has 0 unspecified atom stereocenters. The summed E-state index contributed by atoms with van der Waals surface area (Å²) >= 11 is 0. The average Bonchev–Trinajstić information content (AvgIpc) is 1.90. The van der Waals surface area contributed by atoms with Crippen molar-refractivity contribution < 1.29 is 0 Å². The molecule has 0 fully saturated rings. The van der Waals surface area contributed by atoms with E-state index in [2.05, 4.69) is 15.8 Å². The molecule has 1 rings (SSSR count). The average molecular weight is 108 g/mol. The number of hydrazine groups is 1. The van der Waals surface area contributed by atoms with Crippen LogP contribution in [0.2, 0.25) is 0 Å². The molecule has 0 saturated carbocycles. The van der Waals surface area contributed by atoms with Crippen LogP contribution in [0.25, 0.3) is 0 Å². The quantitative estimate of drug-likeness (QED) is 0.439. The van der Waals surface area contributed by atoms with Crippen LogP contribution in [0.1, 0.15) is 0 Å². The first-order valence-electron chi connectivity index (χ1n) is 2.07. The smallest absolute Gasteiger partial charge is 0.150 e. The zero-order chi connectivity index (χ0) is 5.82. The van der Waals surface area contributed by atoms with E-state index in [4.69, 9.17) is 5.26 Å². The maximum atomic E-state index is 8.20. The highest BCUT2D eigenvalue weighted by molar-refractivity contribution is 5.56. The van der Waals surface area contributed by atoms with Gasteiger partial charge in [-0.2, -0.15) is 5.26 Å². The van der Waals surface area contributed by atoms with E-state index in [0.29, 0.717) is 5.70 Å². The summed E-state index contributed by atoms with van der Waals surface area (Å²) in [6.45, 7) is 0. The Kier molecular flexibility index (Phi) is 1.15. The van der Waals surface area contributed by atoms with Crippen molar-refractivity contribution in [1.29, 1.82) is 5.26 Å². The Balaban J connectivity index is 2.67. The van der Waals surface area contributed by atoms with Gasteiger partial charge in [0.05, 0.1) is 6.20 Å². The van der Waals surface area contributed by atoms with E-state index in [1.54, 1.807) is 0 Å². The van der Waals surface area contributed by atoms with Crippen LogP contribution in [0, 0.1) is 11.3 Å². The second-order valence-electron chi connectivity index (χ2n) is 1.20. The SMILES string of the molecule is N#CC1=CN=CNN1. The minimum atomic E-state index is 0.424. The third-order valence-corrected chi connectivity index (χ3v) is 0.670. The molecule has 0 atom stereocenters. The molecule has 4 nitrogen and oxygen atoms in total. The van der Waals surface area contributed by atoms with Gasteiger partial charge >= 0.3 is 0 Å². The number of aliphatic imine (C=N–C) groups is 1. The summed E-state index contributed by atoms with van der Waals surface area (Å²) < 4.78 is 0. The van der Waals surface area contributed by atoms with Crippen LogP contribution in [0.15, 0.2) is 16.9 Å². The van der Waals surface area contributed by atoms with Gasteiger partial charge in [-0.05, 0) is 0 Å². The lowest BCUT2D eigenvalue weighted by Crippen LogP contribution is -2.31. The number of rotatable bonds is 0. The molecular formula is C4H4N4. The molecule has 0 saturated heterocycles. The molecule has 1 heterocycles. The predicted octanol–water partition coefficient (Wildman–Crippen LogP) is -0.513. The number of nitrogens with one attached hydrogen (secondary N) is 2. The van der Waals surface area contributed by atoms with Crippen molar-refractivity contribution in [2.24, 2.45) is 4.99 Å². The lowest BCUT2D eigenvalue weighted by atomic mass is 10.5. The van der Waals surface area contributed by atoms with Gasteiger partial charge in [0.15, 0.2) is 5.70 Å². The van der Waals surface area contributed by atoms with E-state index in [1.165, 1.54) is 12.5 Å². The van der Waals surface area contributed by atoms with Gasteiger partial charge < -0.3 is 0 Å². The normalized spacial score (nSPS) is 15.1. The van der Waals surface area contributed by atoms with E-state index in [9.17, 15) is 0 Å². The Bertz CT molecular complexity index is 173. The molecule has 0 aromatic heterocycles. The predicted molar refractivity (Wildman–Crippen MR) is 28.5 cm³/mol. The Morgan fingerprint density at radius 3 is 3.00 bits per heavy atom. The van der Waals surface area contributed by atoms with Gasteiger partial charge in [0.1, 0.15) is 12.4 Å². The molecule has 0 bridgehead atoms. The molecular weight excluding hydrogens is 104 g/mol. The van der Waals surface area contributed by atoms with Crippen LogP contribution >= 0.6 is 0 Å². The van der Waals surface area contributed by atoms with Crippen molar-refractivity contribution >= 4 is 6.34 Å². The third-order valence-electron chi connectivity index (χ3n) is 0.670. The highest BCUT2D eigenvalue weighted by Crippen LogP contribution is 1.85. The lowest BCUT2D eigenvalue weighted by Gasteiger charge is -2.03. The highest BCUT2D eigenvalue weighted by Gasteiger charge is 1.91. The van der Waals surface area contributed by atoms with Crippen LogP contribution < -0.4 is 10.9 Å². The van der Waals surface area contributed by atoms with Crippen LogP contribution in [0.4, 0.5) is 0 Å². The summed E-state index contributed by atoms with van der Waals surface area (Å²) in [5.74, 6) is 0. The van der Waals surface area contributed by atoms with Crippen LogP contribution in [0.5, 0.6) is 0 Å². The number of hydrogen-bond acceptors (Lipinski definition) is 4. The van der Waals surface area contributed by atoms with Crippen molar-refractivity contribution in [2.45, 2.75) is 0 Å². The molecule has 2 N–H and O–H groups in total. The number of nitriles is 1. The molecule has 0 aliphatic carbocycles. The minimum Gasteiger partial charge on any atom is -0.290 e. The van der Waals surface area contributed by atoms with E-state index >= 15 is 0 Å². The van der Waals surface area contributed by atoms with Crippen LogP contribution in [-0.2, 0) is 0 Å². The molecule has 1 aliphatic rings. The van der Waals surface area contributed by atoms with Crippen molar-refractivity contribution in [2.75, 3.05) is 0 Å². The van der Waals surface area contributed by atoms with Gasteiger partial charge in [0.2, 0.25) is 0 Å². The summed E-state index contributed by atoms with van der Waals surface area (Å²) in [7, 11) is 0. The lowest BCUT2D eigenvalue weighted by molar-refractivity contribution is 0.785. The number of hydrogen-bond donors (Lipinski definition) is 2. The molecule has 0 radical (unpaired) electrons. The summed E-state index contributed by atoms with van der Waals surface area (Å²) in [5, 5.41) is 8.20. The van der Waals surface area contributed by atoms with Gasteiger partial charge in [-0.25, -0.2) is 4.99 Å². The number of allylic oxidation sites excluding steroid dienone is 1. The van der Waals surface area contributed by atoms with Gasteiger partial charge in [0.25, 0.3) is 0 Å².